The number of pyridine rings is 1. The molecule has 6 heteroatoms. The Morgan fingerprint density at radius 2 is 2.20 bits per heavy atom. The second kappa shape index (κ2) is 4.82. The summed E-state index contributed by atoms with van der Waals surface area (Å²) < 4.78 is 29.9. The summed E-state index contributed by atoms with van der Waals surface area (Å²) in [7, 11) is 1.19. The van der Waals surface area contributed by atoms with Gasteiger partial charge in [-0.15, -0.1) is 0 Å². The molecule has 1 rings (SSSR count). The molecule has 0 atom stereocenters. The summed E-state index contributed by atoms with van der Waals surface area (Å²) in [4.78, 5) is 15.1. The first-order valence-corrected chi connectivity index (χ1v) is 5.08. The van der Waals surface area contributed by atoms with Crippen LogP contribution in [0.25, 0.3) is 0 Å². The molecule has 3 nitrogen and oxygen atoms in total. The second-order valence-electron chi connectivity index (χ2n) is 2.80. The number of alkyl halides is 2. The topological polar surface area (TPSA) is 39.2 Å². The van der Waals surface area contributed by atoms with Crippen molar-refractivity contribution in [3.05, 3.63) is 26.6 Å². The maximum atomic E-state index is 12.6. The summed E-state index contributed by atoms with van der Waals surface area (Å²) in [5.74, 6) is -0.701. The SMILES string of the molecule is COC(=O)c1nc(I)cc(C(F)F)c1C. The number of carbonyl (C=O) groups is 1. The lowest BCUT2D eigenvalue weighted by molar-refractivity contribution is 0.0592. The van der Waals surface area contributed by atoms with E-state index in [1.54, 1.807) is 22.6 Å². The van der Waals surface area contributed by atoms with Gasteiger partial charge in [-0.25, -0.2) is 18.6 Å². The van der Waals surface area contributed by atoms with Crippen LogP contribution in [-0.4, -0.2) is 18.1 Å². The number of hydrogen-bond donors (Lipinski definition) is 0. The third-order valence-corrected chi connectivity index (χ3v) is 2.45. The van der Waals surface area contributed by atoms with Crippen LogP contribution in [0, 0.1) is 10.6 Å². The lowest BCUT2D eigenvalue weighted by Crippen LogP contribution is -2.10. The molecule has 0 saturated carbocycles. The van der Waals surface area contributed by atoms with Gasteiger partial charge in [0.2, 0.25) is 0 Å². The molecule has 0 aromatic carbocycles. The summed E-state index contributed by atoms with van der Waals surface area (Å²) in [6.07, 6.45) is -2.62. The van der Waals surface area contributed by atoms with Crippen molar-refractivity contribution >= 4 is 28.6 Å². The average Bonchev–Trinajstić information content (AvgIpc) is 2.19. The fourth-order valence-corrected chi connectivity index (χ4v) is 1.70. The molecular weight excluding hydrogens is 319 g/mol. The average molecular weight is 327 g/mol. The first kappa shape index (κ1) is 12.3. The minimum Gasteiger partial charge on any atom is -0.464 e. The number of nitrogens with zero attached hydrogens (tertiary/aromatic N) is 1. The predicted octanol–water partition coefficient (Wildman–Crippen LogP) is 2.72. The quantitative estimate of drug-likeness (QED) is 0.476. The van der Waals surface area contributed by atoms with Crippen molar-refractivity contribution in [1.29, 1.82) is 0 Å². The Kier molecular flexibility index (Phi) is 3.95. The highest BCUT2D eigenvalue weighted by atomic mass is 127. The molecule has 0 spiro atoms. The van der Waals surface area contributed by atoms with Gasteiger partial charge in [0.25, 0.3) is 6.43 Å². The minimum absolute atomic E-state index is 0.0558. The van der Waals surface area contributed by atoms with E-state index < -0.39 is 12.4 Å². The molecule has 0 N–H and O–H groups in total. The Labute approximate surface area is 99.0 Å². The number of hydrogen-bond acceptors (Lipinski definition) is 3. The van der Waals surface area contributed by atoms with Crippen molar-refractivity contribution in [2.24, 2.45) is 0 Å². The van der Waals surface area contributed by atoms with Gasteiger partial charge in [0.15, 0.2) is 5.69 Å². The van der Waals surface area contributed by atoms with Crippen LogP contribution < -0.4 is 0 Å². The Morgan fingerprint density at radius 3 is 2.67 bits per heavy atom. The summed E-state index contributed by atoms with van der Waals surface area (Å²) in [6.45, 7) is 1.43. The highest BCUT2D eigenvalue weighted by molar-refractivity contribution is 14.1. The van der Waals surface area contributed by atoms with Crippen molar-refractivity contribution in [2.75, 3.05) is 7.11 Å². The van der Waals surface area contributed by atoms with E-state index in [1.165, 1.54) is 20.1 Å². The molecule has 1 aromatic rings. The van der Waals surface area contributed by atoms with Crippen LogP contribution >= 0.6 is 22.6 Å². The maximum Gasteiger partial charge on any atom is 0.356 e. The first-order valence-electron chi connectivity index (χ1n) is 4.01. The third-order valence-electron chi connectivity index (χ3n) is 1.90. The van der Waals surface area contributed by atoms with Crippen molar-refractivity contribution in [2.45, 2.75) is 13.3 Å². The zero-order valence-electron chi connectivity index (χ0n) is 8.05. The van der Waals surface area contributed by atoms with E-state index in [2.05, 4.69) is 9.72 Å². The van der Waals surface area contributed by atoms with E-state index in [0.717, 1.165) is 0 Å². The summed E-state index contributed by atoms with van der Waals surface area (Å²) in [6, 6.07) is 1.26. The fourth-order valence-electron chi connectivity index (χ4n) is 1.12. The number of carbonyl (C=O) groups excluding carboxylic acids is 1. The lowest BCUT2D eigenvalue weighted by Gasteiger charge is -2.09. The van der Waals surface area contributed by atoms with Crippen LogP contribution in [0.5, 0.6) is 0 Å². The second-order valence-corrected chi connectivity index (χ2v) is 3.91. The molecule has 0 fully saturated rings. The van der Waals surface area contributed by atoms with Gasteiger partial charge in [0, 0.05) is 5.56 Å². The van der Waals surface area contributed by atoms with Crippen molar-refractivity contribution in [3.8, 4) is 0 Å². The van der Waals surface area contributed by atoms with Gasteiger partial charge in [-0.1, -0.05) is 0 Å². The van der Waals surface area contributed by atoms with Crippen LogP contribution in [0.3, 0.4) is 0 Å². The zero-order chi connectivity index (χ0) is 11.6. The normalized spacial score (nSPS) is 10.5. The minimum atomic E-state index is -2.62. The van der Waals surface area contributed by atoms with Gasteiger partial charge in [-0.05, 0) is 41.1 Å². The molecule has 82 valence electrons. The zero-order valence-corrected chi connectivity index (χ0v) is 10.2. The number of halogens is 3. The Morgan fingerprint density at radius 1 is 1.60 bits per heavy atom. The van der Waals surface area contributed by atoms with E-state index in [9.17, 15) is 13.6 Å². The number of esters is 1. The van der Waals surface area contributed by atoms with Crippen LogP contribution in [0.4, 0.5) is 8.78 Å². The van der Waals surface area contributed by atoms with Crippen LogP contribution in [-0.2, 0) is 4.74 Å². The summed E-state index contributed by atoms with van der Waals surface area (Å²) in [5.41, 5.74) is -0.0771. The first-order chi connectivity index (χ1) is 6.97. The Balaban J connectivity index is 3.34. The number of ether oxygens (including phenoxy) is 1. The van der Waals surface area contributed by atoms with Crippen LogP contribution in [0.15, 0.2) is 6.07 Å². The highest BCUT2D eigenvalue weighted by Crippen LogP contribution is 2.25. The molecule has 15 heavy (non-hydrogen) atoms. The molecule has 0 aliphatic carbocycles. The van der Waals surface area contributed by atoms with Crippen LogP contribution in [0.1, 0.15) is 28.0 Å². The monoisotopic (exact) mass is 327 g/mol. The Hall–Kier alpha value is -0.790. The third kappa shape index (κ3) is 2.61. The molecule has 0 amide bonds. The number of methoxy groups -OCH3 is 1. The lowest BCUT2D eigenvalue weighted by atomic mass is 10.1. The van der Waals surface area contributed by atoms with Crippen molar-refractivity contribution in [1.82, 2.24) is 4.98 Å². The maximum absolute atomic E-state index is 12.6. The molecule has 0 aliphatic heterocycles. The molecule has 0 aliphatic rings. The van der Waals surface area contributed by atoms with Gasteiger partial charge < -0.3 is 4.74 Å². The van der Waals surface area contributed by atoms with Crippen molar-refractivity contribution < 1.29 is 18.3 Å². The van der Waals surface area contributed by atoms with Gasteiger partial charge in [-0.3, -0.25) is 0 Å². The van der Waals surface area contributed by atoms with E-state index in [0.29, 0.717) is 3.70 Å². The van der Waals surface area contributed by atoms with Gasteiger partial charge in [0.05, 0.1) is 7.11 Å². The van der Waals surface area contributed by atoms with Gasteiger partial charge >= 0.3 is 5.97 Å². The molecular formula is C9H8F2INO2. The van der Waals surface area contributed by atoms with E-state index in [-0.39, 0.29) is 16.8 Å². The molecule has 0 bridgehead atoms. The number of rotatable bonds is 2. The Bertz CT molecular complexity index is 396. The molecule has 1 heterocycles. The standard InChI is InChI=1S/C9H8F2INO2/c1-4-5(8(10)11)3-6(12)13-7(4)9(14)15-2/h3,8H,1-2H3. The summed E-state index contributed by atoms with van der Waals surface area (Å²) >= 11 is 1.78. The van der Waals surface area contributed by atoms with E-state index >= 15 is 0 Å². The van der Waals surface area contributed by atoms with Crippen molar-refractivity contribution in [3.63, 3.8) is 0 Å². The molecule has 1 aromatic heterocycles. The van der Waals surface area contributed by atoms with E-state index in [1.807, 2.05) is 0 Å². The van der Waals surface area contributed by atoms with Crippen LogP contribution in [0.2, 0.25) is 0 Å². The fraction of sp³-hybridized carbons (Fsp3) is 0.333. The number of aromatic nitrogens is 1. The van der Waals surface area contributed by atoms with Gasteiger partial charge in [-0.2, -0.15) is 0 Å². The molecule has 0 radical (unpaired) electrons. The highest BCUT2D eigenvalue weighted by Gasteiger charge is 2.20. The predicted molar refractivity (Wildman–Crippen MR) is 58.0 cm³/mol. The molecule has 0 unspecified atom stereocenters. The largest absolute Gasteiger partial charge is 0.464 e. The van der Waals surface area contributed by atoms with E-state index in [4.69, 9.17) is 0 Å². The summed E-state index contributed by atoms with van der Waals surface area (Å²) in [5, 5.41) is 0. The van der Waals surface area contributed by atoms with Gasteiger partial charge in [0.1, 0.15) is 3.70 Å². The smallest absolute Gasteiger partial charge is 0.356 e. The molecule has 0 saturated heterocycles.